The van der Waals surface area contributed by atoms with Crippen molar-refractivity contribution in [2.24, 2.45) is 0 Å². The summed E-state index contributed by atoms with van der Waals surface area (Å²) >= 11 is 0. The largest absolute Gasteiger partial charge is 0.379 e. The summed E-state index contributed by atoms with van der Waals surface area (Å²) in [5.74, 6) is 0.560. The minimum atomic E-state index is -2.80. The summed E-state index contributed by atoms with van der Waals surface area (Å²) in [5, 5.41) is 3.40. The maximum atomic E-state index is 11.4. The molecule has 2 rings (SSSR count). The molecule has 0 atom stereocenters. The predicted octanol–water partition coefficient (Wildman–Crippen LogP) is 1.14. The van der Waals surface area contributed by atoms with E-state index >= 15 is 0 Å². The van der Waals surface area contributed by atoms with E-state index in [0.29, 0.717) is 12.8 Å². The SMILES string of the molecule is CN(C)c1ccncc1NC1CCS(=O)(=O)CC1. The second-order valence-corrected chi connectivity index (χ2v) is 7.16. The number of hydrogen-bond acceptors (Lipinski definition) is 5. The predicted molar refractivity (Wildman–Crippen MR) is 73.9 cm³/mol. The zero-order chi connectivity index (χ0) is 13.2. The molecule has 1 aromatic heterocycles. The van der Waals surface area contributed by atoms with Crippen molar-refractivity contribution in [2.75, 3.05) is 35.8 Å². The fraction of sp³-hybridized carbons (Fsp3) is 0.583. The molecule has 18 heavy (non-hydrogen) atoms. The molecule has 1 fully saturated rings. The Hall–Kier alpha value is -1.30. The normalized spacial score (nSPS) is 19.4. The lowest BCUT2D eigenvalue weighted by atomic mass is 10.1. The van der Waals surface area contributed by atoms with Crippen molar-refractivity contribution >= 4 is 21.2 Å². The summed E-state index contributed by atoms with van der Waals surface area (Å²) < 4.78 is 22.8. The molecule has 0 aromatic carbocycles. The third-order valence-electron chi connectivity index (χ3n) is 3.19. The smallest absolute Gasteiger partial charge is 0.150 e. The van der Waals surface area contributed by atoms with Gasteiger partial charge >= 0.3 is 0 Å². The molecule has 5 nitrogen and oxygen atoms in total. The first kappa shape index (κ1) is 13.1. The fourth-order valence-electron chi connectivity index (χ4n) is 2.14. The highest BCUT2D eigenvalue weighted by Gasteiger charge is 2.24. The summed E-state index contributed by atoms with van der Waals surface area (Å²) in [4.78, 5) is 6.13. The summed E-state index contributed by atoms with van der Waals surface area (Å²) in [5.41, 5.74) is 2.03. The minimum Gasteiger partial charge on any atom is -0.379 e. The molecule has 1 aliphatic rings. The van der Waals surface area contributed by atoms with Crippen LogP contribution in [0, 0.1) is 0 Å². The Bertz CT molecular complexity index is 500. The van der Waals surface area contributed by atoms with E-state index in [9.17, 15) is 8.42 Å². The number of sulfone groups is 1. The molecular formula is C12H19N3O2S. The summed E-state index contributed by atoms with van der Waals surface area (Å²) in [6, 6.07) is 2.17. The molecule has 0 unspecified atom stereocenters. The van der Waals surface area contributed by atoms with Gasteiger partial charge in [-0.05, 0) is 18.9 Å². The van der Waals surface area contributed by atoms with E-state index in [-0.39, 0.29) is 17.5 Å². The maximum absolute atomic E-state index is 11.4. The molecule has 0 saturated carbocycles. The average molecular weight is 269 g/mol. The number of nitrogens with one attached hydrogen (secondary N) is 1. The Morgan fingerprint density at radius 1 is 1.33 bits per heavy atom. The van der Waals surface area contributed by atoms with Gasteiger partial charge in [0.2, 0.25) is 0 Å². The first-order chi connectivity index (χ1) is 8.48. The molecule has 1 N–H and O–H groups in total. The Balaban J connectivity index is 2.07. The first-order valence-corrected chi connectivity index (χ1v) is 7.88. The third kappa shape index (κ3) is 3.13. The van der Waals surface area contributed by atoms with Crippen LogP contribution < -0.4 is 10.2 Å². The Labute approximate surface area is 108 Å². The second-order valence-electron chi connectivity index (χ2n) is 4.86. The molecule has 1 saturated heterocycles. The van der Waals surface area contributed by atoms with Gasteiger partial charge in [-0.25, -0.2) is 8.42 Å². The van der Waals surface area contributed by atoms with Crippen molar-refractivity contribution in [3.05, 3.63) is 18.5 Å². The van der Waals surface area contributed by atoms with Crippen LogP contribution in [0.3, 0.4) is 0 Å². The van der Waals surface area contributed by atoms with Crippen molar-refractivity contribution in [1.82, 2.24) is 4.98 Å². The van der Waals surface area contributed by atoms with E-state index in [1.54, 1.807) is 12.4 Å². The standard InChI is InChI=1S/C12H19N3O2S/c1-15(2)12-3-6-13-9-11(12)14-10-4-7-18(16,17)8-5-10/h3,6,9-10,14H,4-5,7-8H2,1-2H3. The Morgan fingerprint density at radius 2 is 2.00 bits per heavy atom. The maximum Gasteiger partial charge on any atom is 0.150 e. The van der Waals surface area contributed by atoms with Crippen LogP contribution in [0.2, 0.25) is 0 Å². The summed E-state index contributed by atoms with van der Waals surface area (Å²) in [7, 11) is 1.16. The van der Waals surface area contributed by atoms with Crippen LogP contribution in [0.25, 0.3) is 0 Å². The van der Waals surface area contributed by atoms with Crippen LogP contribution in [0.15, 0.2) is 18.5 Å². The topological polar surface area (TPSA) is 62.3 Å². The van der Waals surface area contributed by atoms with E-state index in [2.05, 4.69) is 10.3 Å². The monoisotopic (exact) mass is 269 g/mol. The van der Waals surface area contributed by atoms with Gasteiger partial charge in [-0.3, -0.25) is 4.98 Å². The van der Waals surface area contributed by atoms with Gasteiger partial charge in [0.05, 0.1) is 29.1 Å². The van der Waals surface area contributed by atoms with Crippen LogP contribution in [-0.2, 0) is 9.84 Å². The molecule has 2 heterocycles. The first-order valence-electron chi connectivity index (χ1n) is 6.06. The molecule has 0 spiro atoms. The average Bonchev–Trinajstić information content (AvgIpc) is 2.32. The van der Waals surface area contributed by atoms with Gasteiger partial charge < -0.3 is 10.2 Å². The van der Waals surface area contributed by atoms with Crippen LogP contribution >= 0.6 is 0 Å². The van der Waals surface area contributed by atoms with Gasteiger partial charge in [-0.1, -0.05) is 0 Å². The van der Waals surface area contributed by atoms with Crippen molar-refractivity contribution in [2.45, 2.75) is 18.9 Å². The molecule has 6 heteroatoms. The van der Waals surface area contributed by atoms with Crippen LogP contribution in [-0.4, -0.2) is 45.0 Å². The number of rotatable bonds is 3. The quantitative estimate of drug-likeness (QED) is 0.891. The van der Waals surface area contributed by atoms with Crippen molar-refractivity contribution in [3.8, 4) is 0 Å². The lowest BCUT2D eigenvalue weighted by Crippen LogP contribution is -2.32. The van der Waals surface area contributed by atoms with Crippen molar-refractivity contribution < 1.29 is 8.42 Å². The van der Waals surface area contributed by atoms with Crippen LogP contribution in [0.4, 0.5) is 11.4 Å². The van der Waals surface area contributed by atoms with E-state index in [1.807, 2.05) is 25.1 Å². The second kappa shape index (κ2) is 5.14. The number of nitrogens with zero attached hydrogens (tertiary/aromatic N) is 2. The Kier molecular flexibility index (Phi) is 3.75. The van der Waals surface area contributed by atoms with Gasteiger partial charge in [0.25, 0.3) is 0 Å². The van der Waals surface area contributed by atoms with Gasteiger partial charge in [0, 0.05) is 26.3 Å². The lowest BCUT2D eigenvalue weighted by Gasteiger charge is -2.26. The number of aromatic nitrogens is 1. The number of anilines is 2. The molecule has 0 aliphatic carbocycles. The Morgan fingerprint density at radius 3 is 2.61 bits per heavy atom. The van der Waals surface area contributed by atoms with Crippen molar-refractivity contribution in [3.63, 3.8) is 0 Å². The molecule has 1 aromatic rings. The molecule has 0 amide bonds. The highest BCUT2D eigenvalue weighted by Crippen LogP contribution is 2.25. The van der Waals surface area contributed by atoms with Gasteiger partial charge in [-0.2, -0.15) is 0 Å². The highest BCUT2D eigenvalue weighted by molar-refractivity contribution is 7.91. The zero-order valence-electron chi connectivity index (χ0n) is 10.8. The van der Waals surface area contributed by atoms with E-state index < -0.39 is 9.84 Å². The minimum absolute atomic E-state index is 0.219. The van der Waals surface area contributed by atoms with Crippen LogP contribution in [0.1, 0.15) is 12.8 Å². The van der Waals surface area contributed by atoms with Gasteiger partial charge in [0.15, 0.2) is 0 Å². The van der Waals surface area contributed by atoms with E-state index in [4.69, 9.17) is 0 Å². The van der Waals surface area contributed by atoms with E-state index in [0.717, 1.165) is 11.4 Å². The third-order valence-corrected chi connectivity index (χ3v) is 4.91. The van der Waals surface area contributed by atoms with Gasteiger partial charge in [0.1, 0.15) is 9.84 Å². The number of pyridine rings is 1. The van der Waals surface area contributed by atoms with Gasteiger partial charge in [-0.15, -0.1) is 0 Å². The molecule has 100 valence electrons. The summed E-state index contributed by atoms with van der Waals surface area (Å²) in [6.45, 7) is 0. The molecule has 1 aliphatic heterocycles. The van der Waals surface area contributed by atoms with Crippen LogP contribution in [0.5, 0.6) is 0 Å². The molecule has 0 radical (unpaired) electrons. The van der Waals surface area contributed by atoms with Crippen molar-refractivity contribution in [1.29, 1.82) is 0 Å². The zero-order valence-corrected chi connectivity index (χ0v) is 11.6. The number of hydrogen-bond donors (Lipinski definition) is 1. The molecular weight excluding hydrogens is 250 g/mol. The van der Waals surface area contributed by atoms with E-state index in [1.165, 1.54) is 0 Å². The molecule has 0 bridgehead atoms. The summed E-state index contributed by atoms with van der Waals surface area (Å²) in [6.07, 6.45) is 4.89. The lowest BCUT2D eigenvalue weighted by molar-refractivity contribution is 0.559. The highest BCUT2D eigenvalue weighted by atomic mass is 32.2. The fourth-order valence-corrected chi connectivity index (χ4v) is 3.63.